The zero-order chi connectivity index (χ0) is 9.97. The van der Waals surface area contributed by atoms with Crippen LogP contribution in [0.15, 0.2) is 22.7 Å². The van der Waals surface area contributed by atoms with Gasteiger partial charge >= 0.3 is 0 Å². The summed E-state index contributed by atoms with van der Waals surface area (Å²) in [5.74, 6) is 0. The van der Waals surface area contributed by atoms with E-state index in [1.54, 1.807) is 4.80 Å². The highest BCUT2D eigenvalue weighted by atomic mass is 79.9. The Hall–Kier alpha value is -1.41. The number of hydrogen-bond acceptors (Lipinski definition) is 3. The molecular formula is C9H7BrN4. The second kappa shape index (κ2) is 3.76. The van der Waals surface area contributed by atoms with Gasteiger partial charge in [-0.15, -0.1) is 0 Å². The summed E-state index contributed by atoms with van der Waals surface area (Å²) in [7, 11) is 0. The predicted octanol–water partition coefficient (Wildman–Crippen LogP) is 2.11. The molecule has 0 fully saturated rings. The summed E-state index contributed by atoms with van der Waals surface area (Å²) in [5.41, 5.74) is 1.70. The molecule has 0 aliphatic carbocycles. The van der Waals surface area contributed by atoms with Crippen LogP contribution < -0.4 is 0 Å². The van der Waals surface area contributed by atoms with Crippen molar-refractivity contribution in [3.05, 3.63) is 22.7 Å². The minimum absolute atomic E-state index is 0.433. The molecule has 70 valence electrons. The van der Waals surface area contributed by atoms with Crippen molar-refractivity contribution in [2.24, 2.45) is 0 Å². The van der Waals surface area contributed by atoms with Crippen molar-refractivity contribution in [1.82, 2.24) is 15.0 Å². The van der Waals surface area contributed by atoms with Gasteiger partial charge in [0.1, 0.15) is 11.0 Å². The van der Waals surface area contributed by atoms with Gasteiger partial charge in [-0.25, -0.2) is 0 Å². The summed E-state index contributed by atoms with van der Waals surface area (Å²) in [6, 6.07) is 7.79. The fraction of sp³-hybridized carbons (Fsp3) is 0.222. The Morgan fingerprint density at radius 1 is 1.36 bits per heavy atom. The van der Waals surface area contributed by atoms with Crippen LogP contribution in [-0.4, -0.2) is 15.0 Å². The molecule has 0 spiro atoms. The SMILES string of the molecule is N#CCCn1nc2ccc(Br)cc2n1. The first-order valence-electron chi connectivity index (χ1n) is 4.17. The molecule has 14 heavy (non-hydrogen) atoms. The largest absolute Gasteiger partial charge is 0.198 e. The van der Waals surface area contributed by atoms with Crippen LogP contribution in [0.5, 0.6) is 0 Å². The molecule has 2 rings (SSSR count). The van der Waals surface area contributed by atoms with E-state index in [4.69, 9.17) is 5.26 Å². The van der Waals surface area contributed by atoms with Crippen molar-refractivity contribution in [3.8, 4) is 6.07 Å². The number of hydrogen-bond donors (Lipinski definition) is 0. The van der Waals surface area contributed by atoms with Gasteiger partial charge in [-0.1, -0.05) is 15.9 Å². The van der Waals surface area contributed by atoms with Gasteiger partial charge in [0, 0.05) is 4.47 Å². The second-order valence-corrected chi connectivity index (χ2v) is 3.75. The first kappa shape index (κ1) is 9.16. The Labute approximate surface area is 89.3 Å². The average molecular weight is 251 g/mol. The molecular weight excluding hydrogens is 244 g/mol. The van der Waals surface area contributed by atoms with E-state index >= 15 is 0 Å². The van der Waals surface area contributed by atoms with Crippen LogP contribution in [0.25, 0.3) is 11.0 Å². The molecule has 2 aromatic rings. The molecule has 0 radical (unpaired) electrons. The van der Waals surface area contributed by atoms with Crippen LogP contribution in [0.3, 0.4) is 0 Å². The lowest BCUT2D eigenvalue weighted by atomic mass is 10.3. The molecule has 1 aromatic heterocycles. The fourth-order valence-corrected chi connectivity index (χ4v) is 1.53. The molecule has 1 heterocycles. The number of halogens is 1. The summed E-state index contributed by atoms with van der Waals surface area (Å²) in [4.78, 5) is 1.56. The van der Waals surface area contributed by atoms with Crippen molar-refractivity contribution in [2.75, 3.05) is 0 Å². The Morgan fingerprint density at radius 2 is 2.14 bits per heavy atom. The minimum atomic E-state index is 0.433. The maximum atomic E-state index is 8.42. The molecule has 0 aliphatic rings. The first-order chi connectivity index (χ1) is 6.79. The molecule has 0 N–H and O–H groups in total. The summed E-state index contributed by atoms with van der Waals surface area (Å²) in [5, 5.41) is 16.9. The standard InChI is InChI=1S/C9H7BrN4/c10-7-2-3-8-9(6-7)13-14(12-8)5-1-4-11/h2-3,6H,1,5H2. The predicted molar refractivity (Wildman–Crippen MR) is 55.5 cm³/mol. The molecule has 0 unspecified atom stereocenters. The average Bonchev–Trinajstić information content (AvgIpc) is 2.56. The highest BCUT2D eigenvalue weighted by molar-refractivity contribution is 9.10. The number of rotatable bonds is 2. The Morgan fingerprint density at radius 3 is 2.93 bits per heavy atom. The molecule has 5 heteroatoms. The zero-order valence-corrected chi connectivity index (χ0v) is 8.90. The molecule has 0 atom stereocenters. The van der Waals surface area contributed by atoms with E-state index in [1.807, 2.05) is 18.2 Å². The van der Waals surface area contributed by atoms with Gasteiger partial charge in [-0.05, 0) is 18.2 Å². The maximum Gasteiger partial charge on any atom is 0.114 e. The lowest BCUT2D eigenvalue weighted by Gasteiger charge is -1.89. The summed E-state index contributed by atoms with van der Waals surface area (Å²) < 4.78 is 0.984. The molecule has 0 saturated heterocycles. The smallest absolute Gasteiger partial charge is 0.114 e. The second-order valence-electron chi connectivity index (χ2n) is 2.84. The third-order valence-electron chi connectivity index (χ3n) is 1.81. The molecule has 0 aliphatic heterocycles. The Balaban J connectivity index is 2.37. The summed E-state index contributed by atoms with van der Waals surface area (Å²) in [6.45, 7) is 0.544. The van der Waals surface area contributed by atoms with Crippen LogP contribution in [0.4, 0.5) is 0 Å². The molecule has 1 aromatic carbocycles. The van der Waals surface area contributed by atoms with Gasteiger partial charge in [0.25, 0.3) is 0 Å². The van der Waals surface area contributed by atoms with Gasteiger partial charge in [0.2, 0.25) is 0 Å². The number of aromatic nitrogens is 3. The van der Waals surface area contributed by atoms with E-state index in [0.29, 0.717) is 13.0 Å². The van der Waals surface area contributed by atoms with Crippen LogP contribution in [-0.2, 0) is 6.54 Å². The number of nitrogens with zero attached hydrogens (tertiary/aromatic N) is 4. The highest BCUT2D eigenvalue weighted by Crippen LogP contribution is 2.16. The molecule has 0 bridgehead atoms. The maximum absolute atomic E-state index is 8.42. The van der Waals surface area contributed by atoms with Gasteiger partial charge in [-0.3, -0.25) is 0 Å². The van der Waals surface area contributed by atoms with E-state index in [1.165, 1.54) is 0 Å². The third-order valence-corrected chi connectivity index (χ3v) is 2.30. The summed E-state index contributed by atoms with van der Waals surface area (Å²) in [6.07, 6.45) is 0.433. The van der Waals surface area contributed by atoms with E-state index in [0.717, 1.165) is 15.5 Å². The van der Waals surface area contributed by atoms with Gasteiger partial charge < -0.3 is 0 Å². The third kappa shape index (κ3) is 1.75. The van der Waals surface area contributed by atoms with Crippen molar-refractivity contribution >= 4 is 27.0 Å². The van der Waals surface area contributed by atoms with Gasteiger partial charge in [-0.2, -0.15) is 20.3 Å². The number of fused-ring (bicyclic) bond motifs is 1. The number of benzene rings is 1. The van der Waals surface area contributed by atoms with Gasteiger partial charge in [0.15, 0.2) is 0 Å². The van der Waals surface area contributed by atoms with Crippen LogP contribution in [0.1, 0.15) is 6.42 Å². The molecule has 0 saturated carbocycles. The van der Waals surface area contributed by atoms with Crippen LogP contribution in [0, 0.1) is 11.3 Å². The lowest BCUT2D eigenvalue weighted by Crippen LogP contribution is -2.00. The van der Waals surface area contributed by atoms with Gasteiger partial charge in [0.05, 0.1) is 19.0 Å². The van der Waals surface area contributed by atoms with E-state index < -0.39 is 0 Å². The van der Waals surface area contributed by atoms with Crippen molar-refractivity contribution in [1.29, 1.82) is 5.26 Å². The van der Waals surface area contributed by atoms with Crippen molar-refractivity contribution < 1.29 is 0 Å². The number of aryl methyl sites for hydroxylation is 1. The zero-order valence-electron chi connectivity index (χ0n) is 7.31. The first-order valence-corrected chi connectivity index (χ1v) is 4.96. The lowest BCUT2D eigenvalue weighted by molar-refractivity contribution is 0.554. The van der Waals surface area contributed by atoms with E-state index in [2.05, 4.69) is 32.2 Å². The van der Waals surface area contributed by atoms with Crippen LogP contribution in [0.2, 0.25) is 0 Å². The Kier molecular flexibility index (Phi) is 2.46. The minimum Gasteiger partial charge on any atom is -0.198 e. The monoisotopic (exact) mass is 250 g/mol. The van der Waals surface area contributed by atoms with E-state index in [-0.39, 0.29) is 0 Å². The molecule has 4 nitrogen and oxygen atoms in total. The van der Waals surface area contributed by atoms with Crippen LogP contribution >= 0.6 is 15.9 Å². The Bertz CT molecular complexity index is 497. The quantitative estimate of drug-likeness (QED) is 0.821. The van der Waals surface area contributed by atoms with E-state index in [9.17, 15) is 0 Å². The number of nitriles is 1. The topological polar surface area (TPSA) is 54.5 Å². The van der Waals surface area contributed by atoms with Crippen molar-refractivity contribution in [2.45, 2.75) is 13.0 Å². The molecule has 0 amide bonds. The normalized spacial score (nSPS) is 10.3. The fourth-order valence-electron chi connectivity index (χ4n) is 1.18. The highest BCUT2D eigenvalue weighted by Gasteiger charge is 2.01. The van der Waals surface area contributed by atoms with Crippen molar-refractivity contribution in [3.63, 3.8) is 0 Å². The summed E-state index contributed by atoms with van der Waals surface area (Å²) >= 11 is 3.36.